The van der Waals surface area contributed by atoms with Crippen molar-refractivity contribution in [3.05, 3.63) is 29.8 Å². The first-order valence-electron chi connectivity index (χ1n) is 6.84. The minimum Gasteiger partial charge on any atom is -0.465 e. The Kier molecular flexibility index (Phi) is 7.60. The summed E-state index contributed by atoms with van der Waals surface area (Å²) in [5.41, 5.74) is 1.24. The second-order valence-electron chi connectivity index (χ2n) is 4.19. The maximum atomic E-state index is 11.8. The molecular weight excluding hydrogens is 258 g/mol. The number of hydrogen-bond acceptors (Lipinski definition) is 4. The van der Waals surface area contributed by atoms with Crippen molar-refractivity contribution in [2.45, 2.75) is 43.9 Å². The maximum Gasteiger partial charge on any atom is 0.319 e. The Morgan fingerprint density at radius 2 is 2.16 bits per heavy atom. The Balaban J connectivity index is 2.66. The molecule has 0 bridgehead atoms. The molecule has 0 radical (unpaired) electrons. The van der Waals surface area contributed by atoms with Crippen molar-refractivity contribution in [1.29, 1.82) is 0 Å². The van der Waals surface area contributed by atoms with Gasteiger partial charge in [-0.2, -0.15) is 0 Å². The molecule has 3 nitrogen and oxygen atoms in total. The summed E-state index contributed by atoms with van der Waals surface area (Å²) in [6.07, 6.45) is 0.779. The molecule has 19 heavy (non-hydrogen) atoms. The normalized spacial score (nSPS) is 12.2. The van der Waals surface area contributed by atoms with Gasteiger partial charge in [0, 0.05) is 11.4 Å². The first kappa shape index (κ1) is 16.1. The molecule has 1 aromatic carbocycles. The van der Waals surface area contributed by atoms with Gasteiger partial charge in [0.1, 0.15) is 5.25 Å². The molecule has 0 heterocycles. The summed E-state index contributed by atoms with van der Waals surface area (Å²) in [6.45, 7) is 8.20. The van der Waals surface area contributed by atoms with Crippen LogP contribution >= 0.6 is 11.8 Å². The maximum absolute atomic E-state index is 11.8. The van der Waals surface area contributed by atoms with Crippen LogP contribution < -0.4 is 5.32 Å². The lowest BCUT2D eigenvalue weighted by Gasteiger charge is -2.13. The summed E-state index contributed by atoms with van der Waals surface area (Å²) in [6, 6.07) is 8.31. The van der Waals surface area contributed by atoms with Crippen LogP contribution in [0, 0.1) is 0 Å². The van der Waals surface area contributed by atoms with Gasteiger partial charge in [0.25, 0.3) is 0 Å². The summed E-state index contributed by atoms with van der Waals surface area (Å²) in [7, 11) is 0. The molecule has 1 aromatic rings. The Hall–Kier alpha value is -1.00. The van der Waals surface area contributed by atoms with E-state index in [4.69, 9.17) is 4.74 Å². The number of rotatable bonds is 8. The van der Waals surface area contributed by atoms with Crippen LogP contribution in [0.25, 0.3) is 0 Å². The summed E-state index contributed by atoms with van der Waals surface area (Å²) < 4.78 is 5.09. The third-order valence-corrected chi connectivity index (χ3v) is 4.01. The minimum absolute atomic E-state index is 0.116. The second kappa shape index (κ2) is 8.99. The Bertz CT molecular complexity index is 395. The molecule has 0 aromatic heterocycles. The zero-order valence-corrected chi connectivity index (χ0v) is 12.8. The van der Waals surface area contributed by atoms with Gasteiger partial charge in [-0.05, 0) is 37.6 Å². The molecule has 0 aliphatic carbocycles. The van der Waals surface area contributed by atoms with E-state index in [1.807, 2.05) is 26.0 Å². The summed E-state index contributed by atoms with van der Waals surface area (Å²) in [4.78, 5) is 12.9. The number of carbonyl (C=O) groups excluding carboxylic acids is 1. The summed E-state index contributed by atoms with van der Waals surface area (Å²) in [5.74, 6) is -0.118. The van der Waals surface area contributed by atoms with Gasteiger partial charge < -0.3 is 10.1 Å². The predicted molar refractivity (Wildman–Crippen MR) is 80.4 cm³/mol. The first-order valence-corrected chi connectivity index (χ1v) is 7.72. The van der Waals surface area contributed by atoms with E-state index in [9.17, 15) is 4.79 Å². The molecule has 0 saturated carbocycles. The van der Waals surface area contributed by atoms with Crippen LogP contribution in [0.15, 0.2) is 29.2 Å². The van der Waals surface area contributed by atoms with E-state index in [0.29, 0.717) is 6.61 Å². The van der Waals surface area contributed by atoms with E-state index in [1.165, 1.54) is 5.56 Å². The van der Waals surface area contributed by atoms with Crippen LogP contribution in [0.4, 0.5) is 0 Å². The average Bonchev–Trinajstić information content (AvgIpc) is 2.43. The van der Waals surface area contributed by atoms with E-state index in [2.05, 4.69) is 24.4 Å². The topological polar surface area (TPSA) is 38.3 Å². The SMILES string of the molecule is CCNCc1cccc(SC(CC)C(=O)OCC)c1. The van der Waals surface area contributed by atoms with Gasteiger partial charge in [-0.25, -0.2) is 0 Å². The van der Waals surface area contributed by atoms with Gasteiger partial charge in [0.05, 0.1) is 6.61 Å². The molecule has 0 aliphatic rings. The number of thioether (sulfide) groups is 1. The van der Waals surface area contributed by atoms with Crippen LogP contribution in [-0.2, 0) is 16.1 Å². The molecule has 0 fully saturated rings. The van der Waals surface area contributed by atoms with E-state index >= 15 is 0 Å². The highest BCUT2D eigenvalue weighted by molar-refractivity contribution is 8.00. The molecule has 4 heteroatoms. The Labute approximate surface area is 120 Å². The van der Waals surface area contributed by atoms with Crippen molar-refractivity contribution < 1.29 is 9.53 Å². The largest absolute Gasteiger partial charge is 0.465 e. The van der Waals surface area contributed by atoms with Crippen LogP contribution in [0.1, 0.15) is 32.8 Å². The average molecular weight is 281 g/mol. The molecule has 1 rings (SSSR count). The molecule has 1 atom stereocenters. The monoisotopic (exact) mass is 281 g/mol. The number of ether oxygens (including phenoxy) is 1. The fourth-order valence-electron chi connectivity index (χ4n) is 1.70. The van der Waals surface area contributed by atoms with Crippen molar-refractivity contribution in [3.8, 4) is 0 Å². The van der Waals surface area contributed by atoms with Crippen molar-refractivity contribution in [1.82, 2.24) is 5.32 Å². The Morgan fingerprint density at radius 3 is 2.79 bits per heavy atom. The second-order valence-corrected chi connectivity index (χ2v) is 5.47. The molecular formula is C15H23NO2S. The lowest BCUT2D eigenvalue weighted by Crippen LogP contribution is -2.19. The van der Waals surface area contributed by atoms with E-state index in [1.54, 1.807) is 11.8 Å². The van der Waals surface area contributed by atoms with Crippen molar-refractivity contribution in [2.75, 3.05) is 13.2 Å². The smallest absolute Gasteiger partial charge is 0.319 e. The molecule has 1 unspecified atom stereocenters. The van der Waals surface area contributed by atoms with Gasteiger partial charge in [-0.1, -0.05) is 26.0 Å². The highest BCUT2D eigenvalue weighted by atomic mass is 32.2. The van der Waals surface area contributed by atoms with E-state index in [0.717, 1.165) is 24.4 Å². The molecule has 1 N–H and O–H groups in total. The van der Waals surface area contributed by atoms with Crippen LogP contribution in [-0.4, -0.2) is 24.4 Å². The highest BCUT2D eigenvalue weighted by Crippen LogP contribution is 2.27. The summed E-state index contributed by atoms with van der Waals surface area (Å²) >= 11 is 1.58. The number of benzene rings is 1. The quantitative estimate of drug-likeness (QED) is 0.586. The molecule has 0 saturated heterocycles. The van der Waals surface area contributed by atoms with Gasteiger partial charge in [-0.3, -0.25) is 4.79 Å². The third-order valence-electron chi connectivity index (χ3n) is 2.68. The lowest BCUT2D eigenvalue weighted by molar-refractivity contribution is -0.142. The number of carbonyl (C=O) groups is 1. The standard InChI is InChI=1S/C15H23NO2S/c1-4-14(15(17)18-6-3)19-13-9-7-8-12(10-13)11-16-5-2/h7-10,14,16H,4-6,11H2,1-3H3. The zero-order chi connectivity index (χ0) is 14.1. The minimum atomic E-state index is -0.118. The zero-order valence-electron chi connectivity index (χ0n) is 11.9. The summed E-state index contributed by atoms with van der Waals surface area (Å²) in [5, 5.41) is 3.18. The van der Waals surface area contributed by atoms with Crippen molar-refractivity contribution in [3.63, 3.8) is 0 Å². The lowest BCUT2D eigenvalue weighted by atomic mass is 10.2. The third kappa shape index (κ3) is 5.66. The van der Waals surface area contributed by atoms with E-state index in [-0.39, 0.29) is 11.2 Å². The van der Waals surface area contributed by atoms with Crippen LogP contribution in [0.5, 0.6) is 0 Å². The molecule has 0 spiro atoms. The van der Waals surface area contributed by atoms with Gasteiger partial charge in [0.2, 0.25) is 0 Å². The van der Waals surface area contributed by atoms with Gasteiger partial charge in [0.15, 0.2) is 0 Å². The number of nitrogens with one attached hydrogen (secondary N) is 1. The van der Waals surface area contributed by atoms with Crippen molar-refractivity contribution in [2.24, 2.45) is 0 Å². The van der Waals surface area contributed by atoms with Crippen molar-refractivity contribution >= 4 is 17.7 Å². The highest BCUT2D eigenvalue weighted by Gasteiger charge is 2.18. The number of hydrogen-bond donors (Lipinski definition) is 1. The first-order chi connectivity index (χ1) is 9.21. The van der Waals surface area contributed by atoms with Crippen LogP contribution in [0.3, 0.4) is 0 Å². The van der Waals surface area contributed by atoms with Crippen LogP contribution in [0.2, 0.25) is 0 Å². The van der Waals surface area contributed by atoms with Gasteiger partial charge in [-0.15, -0.1) is 11.8 Å². The molecule has 0 aliphatic heterocycles. The number of esters is 1. The fraction of sp³-hybridized carbons (Fsp3) is 0.533. The predicted octanol–water partition coefficient (Wildman–Crippen LogP) is 3.23. The molecule has 106 valence electrons. The van der Waals surface area contributed by atoms with Gasteiger partial charge >= 0.3 is 5.97 Å². The Morgan fingerprint density at radius 1 is 1.37 bits per heavy atom. The fourth-order valence-corrected chi connectivity index (χ4v) is 2.73. The van der Waals surface area contributed by atoms with E-state index < -0.39 is 0 Å². The molecule has 0 amide bonds.